The Kier molecular flexibility index (Phi) is 9.68. The van der Waals surface area contributed by atoms with Gasteiger partial charge in [0.15, 0.2) is 0 Å². The molecule has 0 bridgehead atoms. The molecule has 244 valence electrons. The van der Waals surface area contributed by atoms with Gasteiger partial charge in [-0.15, -0.1) is 0 Å². The molecule has 1 atom stereocenters. The molecule has 47 heavy (non-hydrogen) atoms. The smallest absolute Gasteiger partial charge is 0.220 e. The van der Waals surface area contributed by atoms with Crippen LogP contribution in [-0.2, 0) is 29.0 Å². The van der Waals surface area contributed by atoms with Gasteiger partial charge < -0.3 is 20.1 Å². The molecular weight excluding hydrogens is 657 g/mol. The van der Waals surface area contributed by atoms with Crippen molar-refractivity contribution < 1.29 is 14.3 Å². The molecule has 2 aromatic carbocycles. The van der Waals surface area contributed by atoms with Gasteiger partial charge in [0.1, 0.15) is 0 Å². The number of methoxy groups -OCH3 is 1. The molecule has 4 aromatic rings. The lowest BCUT2D eigenvalue weighted by Crippen LogP contribution is -2.41. The second kappa shape index (κ2) is 14.1. The van der Waals surface area contributed by atoms with Gasteiger partial charge in [-0.3, -0.25) is 14.7 Å². The Labute approximate surface area is 289 Å². The number of nitrogens with one attached hydrogen (secondary N) is 2. The minimum atomic E-state index is 0.106. The number of amides is 1. The molecule has 0 radical (unpaired) electrons. The molecule has 1 amide bonds. The van der Waals surface area contributed by atoms with Gasteiger partial charge in [0.05, 0.1) is 41.8 Å². The summed E-state index contributed by atoms with van der Waals surface area (Å²) in [6.07, 6.45) is 4.10. The van der Waals surface area contributed by atoms with Crippen LogP contribution in [0.3, 0.4) is 0 Å². The van der Waals surface area contributed by atoms with E-state index < -0.39 is 0 Å². The van der Waals surface area contributed by atoms with Crippen molar-refractivity contribution in [3.63, 3.8) is 0 Å². The van der Waals surface area contributed by atoms with E-state index in [1.165, 1.54) is 11.1 Å². The molecular formula is C36H36Cl3N5O3. The number of halogens is 3. The predicted molar refractivity (Wildman–Crippen MR) is 186 cm³/mol. The largest absolute Gasteiger partial charge is 0.481 e. The molecule has 3 aliphatic rings. The van der Waals surface area contributed by atoms with Gasteiger partial charge >= 0.3 is 0 Å². The van der Waals surface area contributed by atoms with E-state index in [1.54, 1.807) is 13.3 Å². The van der Waals surface area contributed by atoms with E-state index in [9.17, 15) is 4.79 Å². The Morgan fingerprint density at radius 2 is 1.87 bits per heavy atom. The fourth-order valence-electron chi connectivity index (χ4n) is 6.66. The molecule has 2 N–H and O–H groups in total. The Morgan fingerprint density at radius 3 is 2.64 bits per heavy atom. The lowest BCUT2D eigenvalue weighted by Gasteiger charge is -2.35. The molecule has 0 saturated carbocycles. The molecule has 1 unspecified atom stereocenters. The third kappa shape index (κ3) is 6.86. The fraction of sp³-hybridized carbons (Fsp3) is 0.361. The number of benzene rings is 2. The molecule has 3 aliphatic heterocycles. The van der Waals surface area contributed by atoms with Gasteiger partial charge in [-0.1, -0.05) is 59.1 Å². The van der Waals surface area contributed by atoms with E-state index in [0.29, 0.717) is 52.7 Å². The van der Waals surface area contributed by atoms with Crippen molar-refractivity contribution in [3.05, 3.63) is 86.5 Å². The number of hydrogen-bond donors (Lipinski definition) is 2. The summed E-state index contributed by atoms with van der Waals surface area (Å²) in [4.78, 5) is 23.5. The Balaban J connectivity index is 1.13. The first-order valence-electron chi connectivity index (χ1n) is 16.0. The molecule has 7 rings (SSSR count). The van der Waals surface area contributed by atoms with Gasteiger partial charge in [0.25, 0.3) is 0 Å². The molecule has 8 nitrogen and oxygen atoms in total. The average molecular weight is 693 g/mol. The van der Waals surface area contributed by atoms with E-state index in [4.69, 9.17) is 49.3 Å². The van der Waals surface area contributed by atoms with Crippen LogP contribution in [-0.4, -0.2) is 66.8 Å². The third-order valence-corrected chi connectivity index (χ3v) is 10.4. The van der Waals surface area contributed by atoms with Crippen LogP contribution in [0.1, 0.15) is 29.5 Å². The topological polar surface area (TPSA) is 88.6 Å². The summed E-state index contributed by atoms with van der Waals surface area (Å²) in [6.45, 7) is 5.82. The van der Waals surface area contributed by atoms with Crippen molar-refractivity contribution in [2.24, 2.45) is 5.92 Å². The molecule has 0 spiro atoms. The number of hydrogen-bond acceptors (Lipinski definition) is 7. The molecule has 2 aromatic heterocycles. The fourth-order valence-corrected chi connectivity index (χ4v) is 7.60. The van der Waals surface area contributed by atoms with Crippen molar-refractivity contribution in [1.82, 2.24) is 25.5 Å². The maximum atomic E-state index is 11.5. The minimum Gasteiger partial charge on any atom is -0.481 e. The first kappa shape index (κ1) is 32.3. The second-order valence-corrected chi connectivity index (χ2v) is 13.6. The van der Waals surface area contributed by atoms with Crippen molar-refractivity contribution >= 4 is 40.7 Å². The van der Waals surface area contributed by atoms with Crippen molar-refractivity contribution in [2.75, 3.05) is 40.0 Å². The second-order valence-electron chi connectivity index (χ2n) is 12.5. The third-order valence-electron chi connectivity index (χ3n) is 9.24. The SMILES string of the molecule is COc1nc(-c2cccc(-c3ccnc(-c4cc(Cl)c5c(c4)CCN(CC4COC4)C5)c3Cl)c2Cl)ccc1CNCC1CCC(=O)N1. The quantitative estimate of drug-likeness (QED) is 0.189. The van der Waals surface area contributed by atoms with Crippen LogP contribution in [0.2, 0.25) is 15.1 Å². The summed E-state index contributed by atoms with van der Waals surface area (Å²) < 4.78 is 11.0. The summed E-state index contributed by atoms with van der Waals surface area (Å²) in [5.74, 6) is 1.24. The Hall–Kier alpha value is -3.24. The van der Waals surface area contributed by atoms with Gasteiger partial charge in [-0.2, -0.15) is 0 Å². The van der Waals surface area contributed by atoms with Gasteiger partial charge in [0, 0.05) is 90.1 Å². The first-order chi connectivity index (χ1) is 22.9. The summed E-state index contributed by atoms with van der Waals surface area (Å²) in [7, 11) is 1.61. The first-order valence-corrected chi connectivity index (χ1v) is 17.1. The van der Waals surface area contributed by atoms with E-state index >= 15 is 0 Å². The maximum absolute atomic E-state index is 11.5. The Bertz CT molecular complexity index is 1820. The predicted octanol–water partition coefficient (Wildman–Crippen LogP) is 6.82. The highest BCUT2D eigenvalue weighted by molar-refractivity contribution is 6.39. The van der Waals surface area contributed by atoms with Crippen molar-refractivity contribution in [1.29, 1.82) is 0 Å². The highest BCUT2D eigenvalue weighted by Crippen LogP contribution is 2.43. The van der Waals surface area contributed by atoms with Crippen molar-refractivity contribution in [3.8, 4) is 39.5 Å². The van der Waals surface area contributed by atoms with Gasteiger partial charge in [-0.05, 0) is 48.2 Å². The van der Waals surface area contributed by atoms with E-state index in [-0.39, 0.29) is 11.9 Å². The number of carbonyl (C=O) groups is 1. The maximum Gasteiger partial charge on any atom is 0.220 e. The van der Waals surface area contributed by atoms with Crippen LogP contribution < -0.4 is 15.4 Å². The van der Waals surface area contributed by atoms with E-state index in [2.05, 4.69) is 26.6 Å². The highest BCUT2D eigenvalue weighted by Gasteiger charge is 2.27. The Morgan fingerprint density at radius 1 is 1.04 bits per heavy atom. The summed E-state index contributed by atoms with van der Waals surface area (Å²) in [5.41, 5.74) is 7.89. The molecule has 0 aliphatic carbocycles. The van der Waals surface area contributed by atoms with E-state index in [1.807, 2.05) is 42.5 Å². The van der Waals surface area contributed by atoms with Gasteiger partial charge in [0.2, 0.25) is 11.8 Å². The van der Waals surface area contributed by atoms with Crippen LogP contribution >= 0.6 is 34.8 Å². The molecule has 2 saturated heterocycles. The lowest BCUT2D eigenvalue weighted by atomic mass is 9.94. The van der Waals surface area contributed by atoms with Crippen LogP contribution in [0.25, 0.3) is 33.6 Å². The summed E-state index contributed by atoms with van der Waals surface area (Å²) in [5, 5.41) is 8.16. The van der Waals surface area contributed by atoms with Gasteiger partial charge in [-0.25, -0.2) is 4.98 Å². The number of nitrogens with zero attached hydrogens (tertiary/aromatic N) is 3. The van der Waals surface area contributed by atoms with Crippen LogP contribution in [0.4, 0.5) is 0 Å². The molecule has 11 heteroatoms. The monoisotopic (exact) mass is 691 g/mol. The number of rotatable bonds is 10. The minimum absolute atomic E-state index is 0.106. The number of aromatic nitrogens is 2. The van der Waals surface area contributed by atoms with Crippen LogP contribution in [0.15, 0.2) is 54.7 Å². The van der Waals surface area contributed by atoms with Crippen molar-refractivity contribution in [2.45, 2.75) is 38.4 Å². The average Bonchev–Trinajstić information content (AvgIpc) is 3.48. The normalized spacial score (nSPS) is 18.1. The summed E-state index contributed by atoms with van der Waals surface area (Å²) >= 11 is 21.1. The van der Waals surface area contributed by atoms with E-state index in [0.717, 1.165) is 78.5 Å². The standard InChI is InChI=1S/C36H36Cl3N5O3/c1-46-36-23(15-40-16-25-6-8-32(45)42-25)5-7-31(43-36)28-4-2-3-26(33(28)38)27-9-11-41-35(34(27)39)24-13-22-10-12-44(17-21-19-47-20-21)18-29(22)30(37)14-24/h2-5,7,9,11,13-14,21,25,40H,6,8,10,12,15-20H2,1H3,(H,42,45). The summed E-state index contributed by atoms with van der Waals surface area (Å²) in [6, 6.07) is 16.0. The van der Waals surface area contributed by atoms with Crippen LogP contribution in [0.5, 0.6) is 5.88 Å². The molecule has 2 fully saturated rings. The number of carbonyl (C=O) groups excluding carboxylic acids is 1. The number of ether oxygens (including phenoxy) is 2. The number of pyridine rings is 2. The molecule has 5 heterocycles. The zero-order chi connectivity index (χ0) is 32.5. The zero-order valence-electron chi connectivity index (χ0n) is 26.1. The lowest BCUT2D eigenvalue weighted by molar-refractivity contribution is -0.119. The zero-order valence-corrected chi connectivity index (χ0v) is 28.4. The highest BCUT2D eigenvalue weighted by atomic mass is 35.5. The number of fused-ring (bicyclic) bond motifs is 1. The van der Waals surface area contributed by atoms with Crippen LogP contribution in [0, 0.1) is 5.92 Å².